The van der Waals surface area contributed by atoms with Crippen LogP contribution in [-0.2, 0) is 10.0 Å². The van der Waals surface area contributed by atoms with Crippen LogP contribution in [0.1, 0.15) is 20.8 Å². The first kappa shape index (κ1) is 12.5. The highest BCUT2D eigenvalue weighted by Crippen LogP contribution is 2.25. The van der Waals surface area contributed by atoms with Gasteiger partial charge in [-0.25, -0.2) is 8.42 Å². The van der Waals surface area contributed by atoms with Crippen LogP contribution in [0.2, 0.25) is 0 Å². The summed E-state index contributed by atoms with van der Waals surface area (Å²) in [4.78, 5) is 0. The average Bonchev–Trinajstić information content (AvgIpc) is 2.06. The maximum absolute atomic E-state index is 11.8. The minimum Gasteiger partial charge on any atom is -0.282 e. The molecule has 0 aliphatic rings. The zero-order valence-electron chi connectivity index (χ0n) is 8.91. The second-order valence-corrected chi connectivity index (χ2v) is 7.49. The number of benzene rings is 1. The Kier molecular flexibility index (Phi) is 3.45. The molecule has 5 heteroatoms. The Morgan fingerprint density at radius 1 is 1.20 bits per heavy atom. The van der Waals surface area contributed by atoms with Crippen LogP contribution < -0.4 is 4.72 Å². The predicted molar refractivity (Wildman–Crippen MR) is 66.4 cm³/mol. The summed E-state index contributed by atoms with van der Waals surface area (Å²) < 4.78 is 26.2. The molecular formula is C10H14BrNO2S. The molecule has 3 nitrogen and oxygen atoms in total. The van der Waals surface area contributed by atoms with E-state index in [-0.39, 0.29) is 0 Å². The first-order valence-electron chi connectivity index (χ1n) is 4.51. The van der Waals surface area contributed by atoms with Gasteiger partial charge in [0.15, 0.2) is 0 Å². The number of sulfonamides is 1. The number of hydrogen-bond acceptors (Lipinski definition) is 2. The molecule has 1 aromatic rings. The van der Waals surface area contributed by atoms with Crippen molar-refractivity contribution in [1.29, 1.82) is 0 Å². The Balaban J connectivity index is 3.03. The van der Waals surface area contributed by atoms with Gasteiger partial charge in [-0.3, -0.25) is 4.72 Å². The summed E-state index contributed by atoms with van der Waals surface area (Å²) in [5.74, 6) is 0. The molecule has 0 unspecified atom stereocenters. The van der Waals surface area contributed by atoms with Crippen molar-refractivity contribution in [1.82, 2.24) is 0 Å². The molecule has 0 spiro atoms. The number of anilines is 1. The third kappa shape index (κ3) is 2.95. The summed E-state index contributed by atoms with van der Waals surface area (Å²) in [6.07, 6.45) is 0. The highest BCUT2D eigenvalue weighted by molar-refractivity contribution is 9.10. The molecule has 0 aromatic heterocycles. The molecule has 0 radical (unpaired) electrons. The highest BCUT2D eigenvalue weighted by Gasteiger charge is 2.29. The largest absolute Gasteiger partial charge is 0.282 e. The minimum absolute atomic E-state index is 0.562. The lowest BCUT2D eigenvalue weighted by atomic mass is 10.3. The van der Waals surface area contributed by atoms with E-state index in [1.165, 1.54) is 0 Å². The van der Waals surface area contributed by atoms with Gasteiger partial charge in [0, 0.05) is 4.47 Å². The van der Waals surface area contributed by atoms with E-state index in [1.807, 2.05) is 6.07 Å². The van der Waals surface area contributed by atoms with Gasteiger partial charge in [0.2, 0.25) is 10.0 Å². The maximum Gasteiger partial charge on any atom is 0.237 e. The zero-order chi connectivity index (χ0) is 11.7. The minimum atomic E-state index is -3.35. The van der Waals surface area contributed by atoms with Crippen LogP contribution in [0.3, 0.4) is 0 Å². The zero-order valence-corrected chi connectivity index (χ0v) is 11.3. The quantitative estimate of drug-likeness (QED) is 0.910. The Morgan fingerprint density at radius 3 is 2.20 bits per heavy atom. The molecule has 1 aromatic carbocycles. The topological polar surface area (TPSA) is 46.2 Å². The molecule has 0 heterocycles. The first-order chi connectivity index (χ1) is 6.74. The van der Waals surface area contributed by atoms with Crippen molar-refractivity contribution in [3.05, 3.63) is 28.7 Å². The molecule has 0 bridgehead atoms. The number of halogens is 1. The molecule has 0 aliphatic carbocycles. The third-order valence-corrected chi connectivity index (χ3v) is 4.72. The van der Waals surface area contributed by atoms with Gasteiger partial charge in [0.25, 0.3) is 0 Å². The molecule has 0 amide bonds. The Labute approximate surface area is 99.1 Å². The van der Waals surface area contributed by atoms with Gasteiger partial charge in [0.05, 0.1) is 10.4 Å². The van der Waals surface area contributed by atoms with Gasteiger partial charge in [0.1, 0.15) is 0 Å². The van der Waals surface area contributed by atoms with E-state index in [4.69, 9.17) is 0 Å². The van der Waals surface area contributed by atoms with Crippen molar-refractivity contribution in [3.63, 3.8) is 0 Å². The first-order valence-corrected chi connectivity index (χ1v) is 6.78. The van der Waals surface area contributed by atoms with Crippen LogP contribution in [0.25, 0.3) is 0 Å². The number of hydrogen-bond donors (Lipinski definition) is 1. The molecule has 1 rings (SSSR count). The van der Waals surface area contributed by atoms with E-state index >= 15 is 0 Å². The van der Waals surface area contributed by atoms with E-state index in [2.05, 4.69) is 20.7 Å². The Bertz CT molecular complexity index is 449. The van der Waals surface area contributed by atoms with Gasteiger partial charge >= 0.3 is 0 Å². The summed E-state index contributed by atoms with van der Waals surface area (Å²) >= 11 is 3.29. The lowest BCUT2D eigenvalue weighted by Gasteiger charge is -2.20. The fourth-order valence-electron chi connectivity index (χ4n) is 0.842. The normalized spacial score (nSPS) is 12.5. The van der Waals surface area contributed by atoms with E-state index < -0.39 is 14.8 Å². The van der Waals surface area contributed by atoms with E-state index in [1.54, 1.807) is 39.0 Å². The van der Waals surface area contributed by atoms with Crippen molar-refractivity contribution in [2.75, 3.05) is 4.72 Å². The molecule has 15 heavy (non-hydrogen) atoms. The van der Waals surface area contributed by atoms with Crippen molar-refractivity contribution < 1.29 is 8.42 Å². The van der Waals surface area contributed by atoms with E-state index in [9.17, 15) is 8.42 Å². The summed E-state index contributed by atoms with van der Waals surface area (Å²) in [5, 5.41) is 0. The monoisotopic (exact) mass is 291 g/mol. The smallest absolute Gasteiger partial charge is 0.237 e. The molecule has 0 saturated carbocycles. The molecule has 0 saturated heterocycles. The average molecular weight is 292 g/mol. The second-order valence-electron chi connectivity index (χ2n) is 4.20. The number of para-hydroxylation sites is 1. The number of rotatable bonds is 2. The van der Waals surface area contributed by atoms with Gasteiger partial charge in [-0.05, 0) is 48.8 Å². The van der Waals surface area contributed by atoms with Crippen LogP contribution in [0.5, 0.6) is 0 Å². The summed E-state index contributed by atoms with van der Waals surface area (Å²) in [6, 6.07) is 7.12. The van der Waals surface area contributed by atoms with Crippen LogP contribution in [0.15, 0.2) is 28.7 Å². The lowest BCUT2D eigenvalue weighted by molar-refractivity contribution is 0.566. The standard InChI is InChI=1S/C10H14BrNO2S/c1-10(2,3)15(13,14)12-9-7-5-4-6-8(9)11/h4-7,12H,1-3H3. The summed E-state index contributed by atoms with van der Waals surface area (Å²) in [7, 11) is -3.35. The molecule has 0 fully saturated rings. The van der Waals surface area contributed by atoms with Crippen LogP contribution in [0.4, 0.5) is 5.69 Å². The maximum atomic E-state index is 11.8. The fourth-order valence-corrected chi connectivity index (χ4v) is 2.13. The van der Waals surface area contributed by atoms with Gasteiger partial charge in [-0.2, -0.15) is 0 Å². The molecule has 1 N–H and O–H groups in total. The Morgan fingerprint density at radius 2 is 1.73 bits per heavy atom. The SMILES string of the molecule is CC(C)(C)S(=O)(=O)Nc1ccccc1Br. The molecule has 84 valence electrons. The van der Waals surface area contributed by atoms with E-state index in [0.717, 1.165) is 4.47 Å². The van der Waals surface area contributed by atoms with Crippen molar-refractivity contribution in [3.8, 4) is 0 Å². The number of nitrogens with one attached hydrogen (secondary N) is 1. The third-order valence-electron chi connectivity index (χ3n) is 1.92. The molecule has 0 atom stereocenters. The van der Waals surface area contributed by atoms with Gasteiger partial charge in [-0.1, -0.05) is 12.1 Å². The van der Waals surface area contributed by atoms with Crippen LogP contribution >= 0.6 is 15.9 Å². The van der Waals surface area contributed by atoms with Gasteiger partial charge in [-0.15, -0.1) is 0 Å². The summed E-state index contributed by atoms with van der Waals surface area (Å²) in [6.45, 7) is 4.98. The van der Waals surface area contributed by atoms with Gasteiger partial charge < -0.3 is 0 Å². The highest BCUT2D eigenvalue weighted by atomic mass is 79.9. The van der Waals surface area contributed by atoms with Crippen molar-refractivity contribution in [2.24, 2.45) is 0 Å². The Hall–Kier alpha value is -0.550. The van der Waals surface area contributed by atoms with E-state index in [0.29, 0.717) is 5.69 Å². The fraction of sp³-hybridized carbons (Fsp3) is 0.400. The molecule has 0 aliphatic heterocycles. The van der Waals surface area contributed by atoms with Crippen molar-refractivity contribution >= 4 is 31.6 Å². The van der Waals surface area contributed by atoms with Crippen LogP contribution in [-0.4, -0.2) is 13.2 Å². The van der Waals surface area contributed by atoms with Crippen LogP contribution in [0, 0.1) is 0 Å². The summed E-state index contributed by atoms with van der Waals surface area (Å²) in [5.41, 5.74) is 0.562. The lowest BCUT2D eigenvalue weighted by Crippen LogP contribution is -2.33. The van der Waals surface area contributed by atoms with Crippen molar-refractivity contribution in [2.45, 2.75) is 25.5 Å². The molecular weight excluding hydrogens is 278 g/mol. The predicted octanol–water partition coefficient (Wildman–Crippen LogP) is 2.99. The second kappa shape index (κ2) is 4.14.